The molecule has 1 atom stereocenters. The zero-order valence-corrected chi connectivity index (χ0v) is 13.2. The minimum atomic E-state index is -3.50. The van der Waals surface area contributed by atoms with Gasteiger partial charge in [0.2, 0.25) is 0 Å². The van der Waals surface area contributed by atoms with Crippen LogP contribution in [0.25, 0.3) is 0 Å². The van der Waals surface area contributed by atoms with Crippen molar-refractivity contribution in [3.05, 3.63) is 12.3 Å². The maximum Gasteiger partial charge on any atom is 0.258 e. The van der Waals surface area contributed by atoms with Gasteiger partial charge in [-0.3, -0.25) is 4.68 Å². The highest BCUT2D eigenvalue weighted by atomic mass is 32.2. The Hall–Kier alpha value is -0.920. The first-order valence-electron chi connectivity index (χ1n) is 7.22. The molecule has 0 bridgehead atoms. The van der Waals surface area contributed by atoms with Crippen molar-refractivity contribution in [3.8, 4) is 0 Å². The van der Waals surface area contributed by atoms with E-state index < -0.39 is 10.0 Å². The SMILES string of the molecule is CCN1CCC[C@@H](NS(=O)(=O)c2ccnn2C(C)C)C1. The van der Waals surface area contributed by atoms with Gasteiger partial charge >= 0.3 is 0 Å². The lowest BCUT2D eigenvalue weighted by molar-refractivity contribution is 0.211. The molecule has 1 saturated heterocycles. The van der Waals surface area contributed by atoms with E-state index in [1.54, 1.807) is 10.7 Å². The fourth-order valence-electron chi connectivity index (χ4n) is 2.62. The predicted molar refractivity (Wildman–Crippen MR) is 78.1 cm³/mol. The number of aromatic nitrogens is 2. The summed E-state index contributed by atoms with van der Waals surface area (Å²) in [6.45, 7) is 8.74. The summed E-state index contributed by atoms with van der Waals surface area (Å²) in [7, 11) is -3.50. The van der Waals surface area contributed by atoms with Crippen molar-refractivity contribution in [2.75, 3.05) is 19.6 Å². The number of likely N-dealkylation sites (N-methyl/N-ethyl adjacent to an activating group) is 1. The zero-order valence-electron chi connectivity index (χ0n) is 12.4. The van der Waals surface area contributed by atoms with Crippen LogP contribution in [0.4, 0.5) is 0 Å². The molecule has 1 fully saturated rings. The highest BCUT2D eigenvalue weighted by molar-refractivity contribution is 7.89. The lowest BCUT2D eigenvalue weighted by Crippen LogP contribution is -2.47. The Labute approximate surface area is 121 Å². The molecule has 6 nitrogen and oxygen atoms in total. The van der Waals surface area contributed by atoms with Crippen LogP contribution in [0.15, 0.2) is 17.3 Å². The van der Waals surface area contributed by atoms with Gasteiger partial charge in [-0.25, -0.2) is 13.1 Å². The maximum atomic E-state index is 12.5. The molecular weight excluding hydrogens is 276 g/mol. The van der Waals surface area contributed by atoms with Gasteiger partial charge < -0.3 is 4.90 Å². The summed E-state index contributed by atoms with van der Waals surface area (Å²) in [5, 5.41) is 4.34. The van der Waals surface area contributed by atoms with Crippen molar-refractivity contribution >= 4 is 10.0 Å². The minimum absolute atomic E-state index is 0.00999. The molecule has 114 valence electrons. The average molecular weight is 300 g/mol. The van der Waals surface area contributed by atoms with Crippen molar-refractivity contribution in [3.63, 3.8) is 0 Å². The van der Waals surface area contributed by atoms with Crippen LogP contribution in [-0.2, 0) is 10.0 Å². The van der Waals surface area contributed by atoms with E-state index in [4.69, 9.17) is 0 Å². The second-order valence-corrected chi connectivity index (χ2v) is 7.22. The van der Waals surface area contributed by atoms with Gasteiger partial charge in [0.05, 0.1) is 6.20 Å². The van der Waals surface area contributed by atoms with Crippen LogP contribution in [0.2, 0.25) is 0 Å². The monoisotopic (exact) mass is 300 g/mol. The van der Waals surface area contributed by atoms with Crippen LogP contribution in [0.5, 0.6) is 0 Å². The molecule has 0 radical (unpaired) electrons. The zero-order chi connectivity index (χ0) is 14.8. The van der Waals surface area contributed by atoms with Crippen LogP contribution >= 0.6 is 0 Å². The van der Waals surface area contributed by atoms with Crippen molar-refractivity contribution < 1.29 is 8.42 Å². The first kappa shape index (κ1) is 15.5. The van der Waals surface area contributed by atoms with Gasteiger partial charge in [0, 0.05) is 18.6 Å². The highest BCUT2D eigenvalue weighted by Gasteiger charge is 2.27. The van der Waals surface area contributed by atoms with E-state index in [2.05, 4.69) is 21.6 Å². The Balaban J connectivity index is 2.13. The molecule has 0 aliphatic carbocycles. The molecule has 1 aliphatic rings. The molecule has 1 aliphatic heterocycles. The fraction of sp³-hybridized carbons (Fsp3) is 0.769. The molecular formula is C13H24N4O2S. The molecule has 2 heterocycles. The maximum absolute atomic E-state index is 12.5. The number of hydrogen-bond donors (Lipinski definition) is 1. The van der Waals surface area contributed by atoms with Crippen molar-refractivity contribution in [1.82, 2.24) is 19.4 Å². The Morgan fingerprint density at radius 2 is 2.25 bits per heavy atom. The van der Waals surface area contributed by atoms with Crippen LogP contribution in [0.3, 0.4) is 0 Å². The van der Waals surface area contributed by atoms with Crippen LogP contribution in [0, 0.1) is 0 Å². The highest BCUT2D eigenvalue weighted by Crippen LogP contribution is 2.16. The van der Waals surface area contributed by atoms with E-state index >= 15 is 0 Å². The topological polar surface area (TPSA) is 67.2 Å². The third-order valence-corrected chi connectivity index (χ3v) is 5.19. The van der Waals surface area contributed by atoms with E-state index in [9.17, 15) is 8.42 Å². The van der Waals surface area contributed by atoms with Crippen molar-refractivity contribution in [1.29, 1.82) is 0 Å². The van der Waals surface area contributed by atoms with Gasteiger partial charge in [0.25, 0.3) is 10.0 Å². The quantitative estimate of drug-likeness (QED) is 0.888. The molecule has 2 rings (SSSR count). The number of hydrogen-bond acceptors (Lipinski definition) is 4. The molecule has 1 aromatic rings. The standard InChI is InChI=1S/C13H24N4O2S/c1-4-16-9-5-6-12(10-16)15-20(18,19)13-7-8-14-17(13)11(2)3/h7-8,11-12,15H,4-6,9-10H2,1-3H3/t12-/m1/s1. The summed E-state index contributed by atoms with van der Waals surface area (Å²) in [5.74, 6) is 0. The van der Waals surface area contributed by atoms with Crippen molar-refractivity contribution in [2.45, 2.75) is 50.7 Å². The number of nitrogens with zero attached hydrogens (tertiary/aromatic N) is 3. The lowest BCUT2D eigenvalue weighted by atomic mass is 10.1. The van der Waals surface area contributed by atoms with E-state index in [-0.39, 0.29) is 17.1 Å². The third kappa shape index (κ3) is 3.39. The average Bonchev–Trinajstić information content (AvgIpc) is 2.88. The number of nitrogens with one attached hydrogen (secondary N) is 1. The van der Waals surface area contributed by atoms with Crippen LogP contribution < -0.4 is 4.72 Å². The van der Waals surface area contributed by atoms with E-state index in [1.165, 1.54) is 6.20 Å². The molecule has 20 heavy (non-hydrogen) atoms. The largest absolute Gasteiger partial charge is 0.302 e. The molecule has 7 heteroatoms. The Kier molecular flexibility index (Phi) is 4.82. The predicted octanol–water partition coefficient (Wildman–Crippen LogP) is 1.23. The Bertz CT molecular complexity index is 538. The minimum Gasteiger partial charge on any atom is -0.302 e. The summed E-state index contributed by atoms with van der Waals surface area (Å²) < 4.78 is 29.4. The molecule has 0 amide bonds. The molecule has 1 aromatic heterocycles. The summed E-state index contributed by atoms with van der Waals surface area (Å²) in [5.41, 5.74) is 0. The number of piperidine rings is 1. The molecule has 0 aromatic carbocycles. The van der Waals surface area contributed by atoms with Gasteiger partial charge in [-0.1, -0.05) is 6.92 Å². The summed E-state index contributed by atoms with van der Waals surface area (Å²) >= 11 is 0. The number of rotatable bonds is 5. The van der Waals surface area contributed by atoms with E-state index in [1.807, 2.05) is 13.8 Å². The smallest absolute Gasteiger partial charge is 0.258 e. The Morgan fingerprint density at radius 1 is 1.50 bits per heavy atom. The summed E-state index contributed by atoms with van der Waals surface area (Å²) in [6, 6.07) is 1.57. The van der Waals surface area contributed by atoms with E-state index in [0.717, 1.165) is 32.5 Å². The summed E-state index contributed by atoms with van der Waals surface area (Å²) in [6.07, 6.45) is 3.46. The van der Waals surface area contributed by atoms with E-state index in [0.29, 0.717) is 0 Å². The third-order valence-electron chi connectivity index (χ3n) is 3.67. The number of likely N-dealkylation sites (tertiary alicyclic amines) is 1. The van der Waals surface area contributed by atoms with Crippen LogP contribution in [0.1, 0.15) is 39.7 Å². The fourth-order valence-corrected chi connectivity index (χ4v) is 4.12. The molecule has 0 unspecified atom stereocenters. The van der Waals surface area contributed by atoms with Gasteiger partial charge in [0.1, 0.15) is 0 Å². The second-order valence-electron chi connectivity index (χ2n) is 5.56. The van der Waals surface area contributed by atoms with Gasteiger partial charge in [-0.15, -0.1) is 0 Å². The van der Waals surface area contributed by atoms with Gasteiger partial charge in [-0.05, 0) is 45.8 Å². The summed E-state index contributed by atoms with van der Waals surface area (Å²) in [4.78, 5) is 2.27. The second kappa shape index (κ2) is 6.24. The normalized spacial score (nSPS) is 21.5. The van der Waals surface area contributed by atoms with Gasteiger partial charge in [-0.2, -0.15) is 5.10 Å². The van der Waals surface area contributed by atoms with Crippen molar-refractivity contribution in [2.24, 2.45) is 0 Å². The lowest BCUT2D eigenvalue weighted by Gasteiger charge is -2.32. The number of sulfonamides is 1. The molecule has 1 N–H and O–H groups in total. The Morgan fingerprint density at radius 3 is 2.90 bits per heavy atom. The van der Waals surface area contributed by atoms with Gasteiger partial charge in [0.15, 0.2) is 5.03 Å². The first-order valence-corrected chi connectivity index (χ1v) is 8.70. The molecule has 0 spiro atoms. The molecule has 0 saturated carbocycles. The first-order chi connectivity index (χ1) is 9.44. The van der Waals surface area contributed by atoms with Crippen LogP contribution in [-0.4, -0.2) is 48.8 Å².